The van der Waals surface area contributed by atoms with Crippen molar-refractivity contribution in [3.05, 3.63) is 34.9 Å². The van der Waals surface area contributed by atoms with Crippen LogP contribution in [0.5, 0.6) is 0 Å². The predicted octanol–water partition coefficient (Wildman–Crippen LogP) is 1.94. The molecule has 1 atom stereocenters. The Labute approximate surface area is 92.9 Å². The number of benzene rings is 1. The van der Waals surface area contributed by atoms with Crippen molar-refractivity contribution in [3.63, 3.8) is 0 Å². The highest BCUT2D eigenvalue weighted by molar-refractivity contribution is 6.30. The summed E-state index contributed by atoms with van der Waals surface area (Å²) in [6, 6.07) is 6.78. The van der Waals surface area contributed by atoms with Crippen molar-refractivity contribution in [2.24, 2.45) is 0 Å². The smallest absolute Gasteiger partial charge is 0.193 e. The Morgan fingerprint density at radius 1 is 1.27 bits per heavy atom. The minimum absolute atomic E-state index is 0.0497. The van der Waals surface area contributed by atoms with E-state index in [1.807, 2.05) is 0 Å². The van der Waals surface area contributed by atoms with Gasteiger partial charge in [-0.2, -0.15) is 0 Å². The van der Waals surface area contributed by atoms with Crippen molar-refractivity contribution in [1.82, 2.24) is 0 Å². The molecule has 15 heavy (non-hydrogen) atoms. The summed E-state index contributed by atoms with van der Waals surface area (Å²) in [7, 11) is 0. The van der Waals surface area contributed by atoms with Crippen LogP contribution in [0.25, 0.3) is 0 Å². The van der Waals surface area contributed by atoms with Crippen molar-refractivity contribution >= 4 is 17.4 Å². The Hall–Kier alpha value is -0.900. The van der Waals surface area contributed by atoms with Crippen LogP contribution in [0.15, 0.2) is 24.3 Å². The molecule has 0 N–H and O–H groups in total. The zero-order chi connectivity index (χ0) is 10.7. The molecule has 0 amide bonds. The van der Waals surface area contributed by atoms with Crippen LogP contribution < -0.4 is 0 Å². The van der Waals surface area contributed by atoms with E-state index in [4.69, 9.17) is 21.1 Å². The van der Waals surface area contributed by atoms with Crippen molar-refractivity contribution in [2.75, 3.05) is 19.8 Å². The van der Waals surface area contributed by atoms with Gasteiger partial charge in [0.2, 0.25) is 0 Å². The molecule has 4 heteroatoms. The maximum Gasteiger partial charge on any atom is 0.193 e. The largest absolute Gasteiger partial charge is 0.376 e. The number of Topliss-reactive ketones (excluding diaryl/α,β-unsaturated/α-hetero) is 1. The monoisotopic (exact) mass is 226 g/mol. The van der Waals surface area contributed by atoms with E-state index >= 15 is 0 Å². The summed E-state index contributed by atoms with van der Waals surface area (Å²) < 4.78 is 10.5. The van der Waals surface area contributed by atoms with Crippen LogP contribution in [0, 0.1) is 0 Å². The number of hydrogen-bond donors (Lipinski definition) is 0. The highest BCUT2D eigenvalue weighted by atomic mass is 35.5. The minimum Gasteiger partial charge on any atom is -0.376 e. The van der Waals surface area contributed by atoms with Gasteiger partial charge in [-0.3, -0.25) is 4.79 Å². The van der Waals surface area contributed by atoms with Gasteiger partial charge in [0.1, 0.15) is 6.10 Å². The van der Waals surface area contributed by atoms with E-state index in [-0.39, 0.29) is 5.78 Å². The SMILES string of the molecule is O=C(c1ccc(Cl)cc1)C1COCCO1. The molecule has 1 aliphatic heterocycles. The highest BCUT2D eigenvalue weighted by Crippen LogP contribution is 2.13. The van der Waals surface area contributed by atoms with E-state index in [9.17, 15) is 4.79 Å². The molecule has 3 nitrogen and oxygen atoms in total. The van der Waals surface area contributed by atoms with Crippen LogP contribution >= 0.6 is 11.6 Å². The first-order chi connectivity index (χ1) is 7.27. The van der Waals surface area contributed by atoms with Gasteiger partial charge in [0.15, 0.2) is 5.78 Å². The number of carbonyl (C=O) groups is 1. The molecule has 1 fully saturated rings. The molecule has 1 saturated heterocycles. The van der Waals surface area contributed by atoms with Crippen LogP contribution in [-0.2, 0) is 9.47 Å². The van der Waals surface area contributed by atoms with Crippen LogP contribution in [0.4, 0.5) is 0 Å². The number of rotatable bonds is 2. The van der Waals surface area contributed by atoms with Crippen LogP contribution in [-0.4, -0.2) is 31.7 Å². The van der Waals surface area contributed by atoms with Crippen molar-refractivity contribution in [2.45, 2.75) is 6.10 Å². The van der Waals surface area contributed by atoms with Gasteiger partial charge in [0.05, 0.1) is 19.8 Å². The first-order valence-corrected chi connectivity index (χ1v) is 5.14. The van der Waals surface area contributed by atoms with E-state index in [0.717, 1.165) is 0 Å². The molecular formula is C11H11ClO3. The van der Waals surface area contributed by atoms with Gasteiger partial charge < -0.3 is 9.47 Å². The first kappa shape index (κ1) is 10.6. The molecule has 0 aliphatic carbocycles. The predicted molar refractivity (Wildman–Crippen MR) is 56.3 cm³/mol. The molecule has 2 rings (SSSR count). The lowest BCUT2D eigenvalue weighted by atomic mass is 10.1. The Bertz CT molecular complexity index is 341. The summed E-state index contributed by atoms with van der Waals surface area (Å²) in [5.41, 5.74) is 0.606. The van der Waals surface area contributed by atoms with Gasteiger partial charge in [-0.25, -0.2) is 0 Å². The lowest BCUT2D eigenvalue weighted by Crippen LogP contribution is -2.35. The van der Waals surface area contributed by atoms with Gasteiger partial charge in [-0.05, 0) is 24.3 Å². The van der Waals surface area contributed by atoms with Crippen molar-refractivity contribution in [1.29, 1.82) is 0 Å². The minimum atomic E-state index is -0.472. The van der Waals surface area contributed by atoms with Gasteiger partial charge >= 0.3 is 0 Å². The van der Waals surface area contributed by atoms with Gasteiger partial charge in [-0.15, -0.1) is 0 Å². The Balaban J connectivity index is 2.09. The molecule has 0 radical (unpaired) electrons. The van der Waals surface area contributed by atoms with E-state index in [1.54, 1.807) is 24.3 Å². The third-order valence-electron chi connectivity index (χ3n) is 2.24. The summed E-state index contributed by atoms with van der Waals surface area (Å²) in [4.78, 5) is 11.9. The average molecular weight is 227 g/mol. The third kappa shape index (κ3) is 2.56. The molecule has 0 saturated carbocycles. The normalized spacial score (nSPS) is 21.3. The second kappa shape index (κ2) is 4.75. The number of ether oxygens (including phenoxy) is 2. The topological polar surface area (TPSA) is 35.5 Å². The Morgan fingerprint density at radius 2 is 2.00 bits per heavy atom. The maximum atomic E-state index is 11.9. The standard InChI is InChI=1S/C11H11ClO3/c12-9-3-1-8(2-4-9)11(13)10-7-14-5-6-15-10/h1-4,10H,5-7H2. The lowest BCUT2D eigenvalue weighted by Gasteiger charge is -2.21. The molecule has 80 valence electrons. The molecule has 1 aromatic rings. The molecule has 1 aliphatic rings. The summed E-state index contributed by atoms with van der Waals surface area (Å²) >= 11 is 5.73. The average Bonchev–Trinajstić information content (AvgIpc) is 2.30. The van der Waals surface area contributed by atoms with E-state index in [1.165, 1.54) is 0 Å². The summed E-state index contributed by atoms with van der Waals surface area (Å²) in [5.74, 6) is -0.0497. The van der Waals surface area contributed by atoms with Crippen molar-refractivity contribution in [3.8, 4) is 0 Å². The molecular weight excluding hydrogens is 216 g/mol. The number of carbonyl (C=O) groups excluding carboxylic acids is 1. The fraction of sp³-hybridized carbons (Fsp3) is 0.364. The van der Waals surface area contributed by atoms with E-state index in [0.29, 0.717) is 30.4 Å². The molecule has 0 bridgehead atoms. The summed E-state index contributed by atoms with van der Waals surface area (Å²) in [6.07, 6.45) is -0.472. The zero-order valence-electron chi connectivity index (χ0n) is 8.11. The van der Waals surface area contributed by atoms with Crippen LogP contribution in [0.2, 0.25) is 5.02 Å². The fourth-order valence-electron chi connectivity index (χ4n) is 1.44. The van der Waals surface area contributed by atoms with E-state index in [2.05, 4.69) is 0 Å². The van der Waals surface area contributed by atoms with Crippen LogP contribution in [0.3, 0.4) is 0 Å². The van der Waals surface area contributed by atoms with Gasteiger partial charge in [0.25, 0.3) is 0 Å². The Kier molecular flexibility index (Phi) is 3.36. The van der Waals surface area contributed by atoms with E-state index < -0.39 is 6.10 Å². The highest BCUT2D eigenvalue weighted by Gasteiger charge is 2.23. The first-order valence-electron chi connectivity index (χ1n) is 4.76. The maximum absolute atomic E-state index is 11.9. The summed E-state index contributed by atoms with van der Waals surface area (Å²) in [6.45, 7) is 1.37. The fourth-order valence-corrected chi connectivity index (χ4v) is 1.57. The van der Waals surface area contributed by atoms with Gasteiger partial charge in [-0.1, -0.05) is 11.6 Å². The van der Waals surface area contributed by atoms with Crippen molar-refractivity contribution < 1.29 is 14.3 Å². The quantitative estimate of drug-likeness (QED) is 0.723. The molecule has 1 aromatic carbocycles. The van der Waals surface area contributed by atoms with Gasteiger partial charge in [0, 0.05) is 10.6 Å². The number of hydrogen-bond acceptors (Lipinski definition) is 3. The number of halogens is 1. The molecule has 0 spiro atoms. The second-order valence-electron chi connectivity index (χ2n) is 3.31. The molecule has 1 unspecified atom stereocenters. The zero-order valence-corrected chi connectivity index (χ0v) is 8.87. The third-order valence-corrected chi connectivity index (χ3v) is 2.49. The van der Waals surface area contributed by atoms with Crippen LogP contribution in [0.1, 0.15) is 10.4 Å². The number of ketones is 1. The second-order valence-corrected chi connectivity index (χ2v) is 3.74. The molecule has 1 heterocycles. The lowest BCUT2D eigenvalue weighted by molar-refractivity contribution is -0.0719. The molecule has 0 aromatic heterocycles. The Morgan fingerprint density at radius 3 is 2.60 bits per heavy atom. The summed E-state index contributed by atoms with van der Waals surface area (Å²) in [5, 5.41) is 0.618.